The van der Waals surface area contributed by atoms with Crippen LogP contribution in [0.4, 0.5) is 0 Å². The van der Waals surface area contributed by atoms with Gasteiger partial charge in [-0.2, -0.15) is 0 Å². The molecular formula is C8H11BrO. The summed E-state index contributed by atoms with van der Waals surface area (Å²) in [5, 5.41) is 0.891. The molecule has 0 aromatic carbocycles. The average Bonchev–Trinajstić information content (AvgIpc) is 2.09. The molecule has 0 unspecified atom stereocenters. The molecule has 2 heteroatoms. The van der Waals surface area contributed by atoms with Crippen molar-refractivity contribution in [2.75, 3.05) is 0 Å². The van der Waals surface area contributed by atoms with Crippen molar-refractivity contribution in [3.63, 3.8) is 0 Å². The van der Waals surface area contributed by atoms with Crippen LogP contribution in [0.15, 0.2) is 4.42 Å². The molecule has 0 bridgehead atoms. The third-order valence-corrected chi connectivity index (χ3v) is 2.41. The van der Waals surface area contributed by atoms with Crippen molar-refractivity contribution in [2.45, 2.75) is 26.1 Å². The number of alkyl halides is 1. The van der Waals surface area contributed by atoms with Gasteiger partial charge in [-0.05, 0) is 26.3 Å². The summed E-state index contributed by atoms with van der Waals surface area (Å²) in [7, 11) is 0. The third kappa shape index (κ3) is 1.12. The maximum absolute atomic E-state index is 5.41. The first-order chi connectivity index (χ1) is 4.66. The van der Waals surface area contributed by atoms with Gasteiger partial charge < -0.3 is 4.42 Å². The molecule has 0 atom stereocenters. The Morgan fingerprint density at radius 3 is 2.00 bits per heavy atom. The van der Waals surface area contributed by atoms with Crippen molar-refractivity contribution in [2.24, 2.45) is 0 Å². The van der Waals surface area contributed by atoms with Gasteiger partial charge in [-0.25, -0.2) is 0 Å². The van der Waals surface area contributed by atoms with Gasteiger partial charge in [-0.15, -0.1) is 0 Å². The van der Waals surface area contributed by atoms with Crippen LogP contribution < -0.4 is 0 Å². The fraction of sp³-hybridized carbons (Fsp3) is 0.500. The highest BCUT2D eigenvalue weighted by atomic mass is 79.9. The van der Waals surface area contributed by atoms with E-state index >= 15 is 0 Å². The molecule has 0 saturated carbocycles. The predicted molar refractivity (Wildman–Crippen MR) is 45.6 cm³/mol. The molecule has 1 aromatic heterocycles. The number of furan rings is 1. The first-order valence-corrected chi connectivity index (χ1v) is 4.40. The largest absolute Gasteiger partial charge is 0.466 e. The minimum Gasteiger partial charge on any atom is -0.466 e. The first kappa shape index (κ1) is 7.86. The van der Waals surface area contributed by atoms with Crippen LogP contribution in [-0.4, -0.2) is 0 Å². The molecule has 0 aliphatic heterocycles. The maximum atomic E-state index is 5.41. The van der Waals surface area contributed by atoms with E-state index in [4.69, 9.17) is 4.42 Å². The third-order valence-electron chi connectivity index (χ3n) is 1.85. The highest BCUT2D eigenvalue weighted by Gasteiger charge is 2.08. The lowest BCUT2D eigenvalue weighted by Crippen LogP contribution is -1.80. The van der Waals surface area contributed by atoms with Crippen LogP contribution in [0.25, 0.3) is 0 Å². The Labute approximate surface area is 69.6 Å². The Bertz CT molecular complexity index is 238. The van der Waals surface area contributed by atoms with Crippen molar-refractivity contribution in [1.29, 1.82) is 0 Å². The molecular weight excluding hydrogens is 192 g/mol. The lowest BCUT2D eigenvalue weighted by atomic mass is 10.2. The Hall–Kier alpha value is -0.240. The lowest BCUT2D eigenvalue weighted by molar-refractivity contribution is 0.501. The van der Waals surface area contributed by atoms with E-state index in [0.717, 1.165) is 16.9 Å². The summed E-state index contributed by atoms with van der Waals surface area (Å²) in [6, 6.07) is 0. The molecule has 1 nitrogen and oxygen atoms in total. The molecule has 10 heavy (non-hydrogen) atoms. The van der Waals surface area contributed by atoms with E-state index in [0.29, 0.717) is 0 Å². The van der Waals surface area contributed by atoms with E-state index in [1.807, 2.05) is 13.8 Å². The molecule has 1 rings (SSSR count). The standard InChI is InChI=1S/C8H11BrO/c1-5-6(2)10-7(3)8(5)4-9/h4H2,1-3H3. The van der Waals surface area contributed by atoms with E-state index in [1.165, 1.54) is 11.1 Å². The van der Waals surface area contributed by atoms with Gasteiger partial charge in [0.2, 0.25) is 0 Å². The van der Waals surface area contributed by atoms with Crippen LogP contribution in [-0.2, 0) is 5.33 Å². The second-order valence-corrected chi connectivity index (χ2v) is 3.01. The number of hydrogen-bond acceptors (Lipinski definition) is 1. The molecule has 0 spiro atoms. The van der Waals surface area contributed by atoms with Crippen LogP contribution in [0, 0.1) is 20.8 Å². The van der Waals surface area contributed by atoms with Crippen LogP contribution in [0.5, 0.6) is 0 Å². The summed E-state index contributed by atoms with van der Waals surface area (Å²) in [6.45, 7) is 6.08. The fourth-order valence-electron chi connectivity index (χ4n) is 1.04. The summed E-state index contributed by atoms with van der Waals surface area (Å²) in [5.41, 5.74) is 2.56. The Morgan fingerprint density at radius 2 is 1.80 bits per heavy atom. The van der Waals surface area contributed by atoms with Gasteiger partial charge in [0.05, 0.1) is 0 Å². The SMILES string of the molecule is Cc1oc(C)c(CBr)c1C. The predicted octanol–water partition coefficient (Wildman–Crippen LogP) is 3.10. The minimum atomic E-state index is 0.891. The summed E-state index contributed by atoms with van der Waals surface area (Å²) in [5.74, 6) is 2.07. The van der Waals surface area contributed by atoms with Gasteiger partial charge in [0, 0.05) is 10.9 Å². The molecule has 1 aromatic rings. The number of aryl methyl sites for hydroxylation is 2. The summed E-state index contributed by atoms with van der Waals surface area (Å²) >= 11 is 3.41. The second kappa shape index (κ2) is 2.79. The number of rotatable bonds is 1. The topological polar surface area (TPSA) is 13.1 Å². The molecule has 0 N–H and O–H groups in total. The van der Waals surface area contributed by atoms with Crippen LogP contribution in [0.3, 0.4) is 0 Å². The average molecular weight is 203 g/mol. The van der Waals surface area contributed by atoms with Crippen molar-refractivity contribution in [3.8, 4) is 0 Å². The summed E-state index contributed by atoms with van der Waals surface area (Å²) in [6.07, 6.45) is 0. The minimum absolute atomic E-state index is 0.891. The zero-order valence-electron chi connectivity index (χ0n) is 6.49. The van der Waals surface area contributed by atoms with Crippen molar-refractivity contribution < 1.29 is 4.42 Å². The van der Waals surface area contributed by atoms with Crippen molar-refractivity contribution in [1.82, 2.24) is 0 Å². The second-order valence-electron chi connectivity index (χ2n) is 2.45. The van der Waals surface area contributed by atoms with E-state index < -0.39 is 0 Å². The van der Waals surface area contributed by atoms with Gasteiger partial charge in [0.1, 0.15) is 11.5 Å². The van der Waals surface area contributed by atoms with Gasteiger partial charge >= 0.3 is 0 Å². The molecule has 0 amide bonds. The summed E-state index contributed by atoms with van der Waals surface area (Å²) < 4.78 is 5.41. The monoisotopic (exact) mass is 202 g/mol. The lowest BCUT2D eigenvalue weighted by Gasteiger charge is -1.90. The molecule has 0 radical (unpaired) electrons. The molecule has 0 aliphatic rings. The van der Waals surface area contributed by atoms with E-state index in [1.54, 1.807) is 0 Å². The normalized spacial score (nSPS) is 10.4. The zero-order chi connectivity index (χ0) is 7.72. The van der Waals surface area contributed by atoms with Gasteiger partial charge in [-0.3, -0.25) is 0 Å². The molecule has 1 heterocycles. The van der Waals surface area contributed by atoms with Gasteiger partial charge in [0.25, 0.3) is 0 Å². The van der Waals surface area contributed by atoms with Crippen LogP contribution >= 0.6 is 15.9 Å². The Kier molecular flexibility index (Phi) is 2.19. The summed E-state index contributed by atoms with van der Waals surface area (Å²) in [4.78, 5) is 0. The number of hydrogen-bond donors (Lipinski definition) is 0. The number of halogens is 1. The smallest absolute Gasteiger partial charge is 0.105 e. The Balaban J connectivity index is 3.20. The maximum Gasteiger partial charge on any atom is 0.105 e. The zero-order valence-corrected chi connectivity index (χ0v) is 8.08. The first-order valence-electron chi connectivity index (χ1n) is 3.28. The van der Waals surface area contributed by atoms with Crippen molar-refractivity contribution in [3.05, 3.63) is 22.6 Å². The molecule has 56 valence electrons. The van der Waals surface area contributed by atoms with E-state index in [2.05, 4.69) is 22.9 Å². The molecule has 0 aliphatic carbocycles. The molecule has 0 fully saturated rings. The highest BCUT2D eigenvalue weighted by Crippen LogP contribution is 2.22. The van der Waals surface area contributed by atoms with Crippen LogP contribution in [0.2, 0.25) is 0 Å². The van der Waals surface area contributed by atoms with E-state index in [9.17, 15) is 0 Å². The molecule has 0 saturated heterocycles. The Morgan fingerprint density at radius 1 is 1.20 bits per heavy atom. The van der Waals surface area contributed by atoms with Crippen LogP contribution in [0.1, 0.15) is 22.6 Å². The van der Waals surface area contributed by atoms with Crippen molar-refractivity contribution >= 4 is 15.9 Å². The highest BCUT2D eigenvalue weighted by molar-refractivity contribution is 9.08. The van der Waals surface area contributed by atoms with Gasteiger partial charge in [-0.1, -0.05) is 15.9 Å². The quantitative estimate of drug-likeness (QED) is 0.639. The van der Waals surface area contributed by atoms with Gasteiger partial charge in [0.15, 0.2) is 0 Å². The van der Waals surface area contributed by atoms with E-state index in [-0.39, 0.29) is 0 Å². The fourth-order valence-corrected chi connectivity index (χ4v) is 1.85.